The Morgan fingerprint density at radius 3 is 2.11 bits per heavy atom. The third kappa shape index (κ3) is 2.85. The lowest BCUT2D eigenvalue weighted by atomic mass is 10.0. The van der Waals surface area contributed by atoms with Crippen LogP contribution in [0.5, 0.6) is 0 Å². The molecule has 0 saturated carbocycles. The molecule has 2 amide bonds. The fourth-order valence-electron chi connectivity index (χ4n) is 1.28. The van der Waals surface area contributed by atoms with Gasteiger partial charge in [0, 0.05) is 0 Å². The molecule has 1 aromatic carbocycles. The molecule has 0 saturated heterocycles. The van der Waals surface area contributed by atoms with Crippen LogP contribution >= 0.6 is 0 Å². The molecular weight excluding hydrogens is 236 g/mol. The van der Waals surface area contributed by atoms with Crippen LogP contribution in [-0.4, -0.2) is 28.4 Å². The van der Waals surface area contributed by atoms with Crippen LogP contribution in [0.4, 0.5) is 0 Å². The van der Waals surface area contributed by atoms with Gasteiger partial charge in [0.2, 0.25) is 5.91 Å². The second kappa shape index (κ2) is 4.87. The summed E-state index contributed by atoms with van der Waals surface area (Å²) in [5.41, 5.74) is 3.73. The summed E-state index contributed by atoms with van der Waals surface area (Å²) in [7, 11) is 0. The van der Waals surface area contributed by atoms with Crippen molar-refractivity contribution >= 4 is 17.8 Å². The molecule has 0 spiro atoms. The highest BCUT2D eigenvalue weighted by atomic mass is 16.4. The number of carboxylic acids is 1. The Bertz CT molecular complexity index is 509. The summed E-state index contributed by atoms with van der Waals surface area (Å²) in [6.45, 7) is 2.88. The Hall–Kier alpha value is -2.37. The minimum absolute atomic E-state index is 0.0145. The number of rotatable bonds is 4. The molecule has 0 unspecified atom stereocenters. The Morgan fingerprint density at radius 2 is 1.67 bits per heavy atom. The molecule has 6 nitrogen and oxygen atoms in total. The van der Waals surface area contributed by atoms with Crippen LogP contribution in [0.2, 0.25) is 0 Å². The number of amides is 2. The van der Waals surface area contributed by atoms with Crippen LogP contribution < -0.4 is 11.1 Å². The summed E-state index contributed by atoms with van der Waals surface area (Å²) in [5.74, 6) is -2.57. The summed E-state index contributed by atoms with van der Waals surface area (Å²) in [5, 5.41) is 11.3. The number of nitrogens with one attached hydrogen (secondary N) is 1. The fourth-order valence-corrected chi connectivity index (χ4v) is 1.28. The maximum absolute atomic E-state index is 11.9. The Labute approximate surface area is 104 Å². The molecule has 18 heavy (non-hydrogen) atoms. The third-order valence-corrected chi connectivity index (χ3v) is 2.44. The Balaban J connectivity index is 3.06. The summed E-state index contributed by atoms with van der Waals surface area (Å²) < 4.78 is 0. The third-order valence-electron chi connectivity index (χ3n) is 2.44. The largest absolute Gasteiger partial charge is 0.478 e. The number of carbonyl (C=O) groups excluding carboxylic acids is 2. The monoisotopic (exact) mass is 250 g/mol. The normalized spacial score (nSPS) is 10.8. The Morgan fingerprint density at radius 1 is 1.17 bits per heavy atom. The van der Waals surface area contributed by atoms with Gasteiger partial charge in [-0.15, -0.1) is 0 Å². The van der Waals surface area contributed by atoms with Gasteiger partial charge >= 0.3 is 5.97 Å². The van der Waals surface area contributed by atoms with E-state index in [1.165, 1.54) is 32.0 Å². The first kappa shape index (κ1) is 13.7. The van der Waals surface area contributed by atoms with Crippen molar-refractivity contribution in [3.63, 3.8) is 0 Å². The van der Waals surface area contributed by atoms with Gasteiger partial charge in [0.05, 0.1) is 11.1 Å². The molecule has 0 aliphatic carbocycles. The summed E-state index contributed by atoms with van der Waals surface area (Å²) >= 11 is 0. The molecular formula is C12H14N2O4. The summed E-state index contributed by atoms with van der Waals surface area (Å²) in [6.07, 6.45) is 0. The lowest BCUT2D eigenvalue weighted by molar-refractivity contribution is -0.122. The zero-order chi connectivity index (χ0) is 13.9. The van der Waals surface area contributed by atoms with E-state index >= 15 is 0 Å². The van der Waals surface area contributed by atoms with Gasteiger partial charge in [-0.25, -0.2) is 4.79 Å². The smallest absolute Gasteiger partial charge is 0.336 e. The van der Waals surface area contributed by atoms with Gasteiger partial charge in [0.1, 0.15) is 5.54 Å². The molecule has 0 heterocycles. The zero-order valence-electron chi connectivity index (χ0n) is 10.1. The van der Waals surface area contributed by atoms with E-state index in [0.29, 0.717) is 0 Å². The predicted molar refractivity (Wildman–Crippen MR) is 64.1 cm³/mol. The van der Waals surface area contributed by atoms with Crippen LogP contribution in [0.3, 0.4) is 0 Å². The molecule has 0 atom stereocenters. The molecule has 1 rings (SSSR count). The van der Waals surface area contributed by atoms with Gasteiger partial charge in [-0.05, 0) is 26.0 Å². The molecule has 1 aromatic rings. The van der Waals surface area contributed by atoms with Crippen molar-refractivity contribution in [1.82, 2.24) is 5.32 Å². The van der Waals surface area contributed by atoms with Crippen molar-refractivity contribution in [3.8, 4) is 0 Å². The Kier molecular flexibility index (Phi) is 3.70. The van der Waals surface area contributed by atoms with Crippen molar-refractivity contribution in [3.05, 3.63) is 35.4 Å². The van der Waals surface area contributed by atoms with Gasteiger partial charge < -0.3 is 16.2 Å². The highest BCUT2D eigenvalue weighted by Crippen LogP contribution is 2.11. The quantitative estimate of drug-likeness (QED) is 0.717. The fraction of sp³-hybridized carbons (Fsp3) is 0.250. The van der Waals surface area contributed by atoms with E-state index in [-0.39, 0.29) is 11.1 Å². The van der Waals surface area contributed by atoms with Gasteiger partial charge in [-0.1, -0.05) is 12.1 Å². The number of benzene rings is 1. The lowest BCUT2D eigenvalue weighted by Gasteiger charge is -2.22. The first-order valence-electron chi connectivity index (χ1n) is 5.20. The van der Waals surface area contributed by atoms with E-state index in [1.807, 2.05) is 0 Å². The number of hydrogen-bond donors (Lipinski definition) is 3. The average molecular weight is 250 g/mol. The topological polar surface area (TPSA) is 109 Å². The van der Waals surface area contributed by atoms with Crippen molar-refractivity contribution in [1.29, 1.82) is 0 Å². The van der Waals surface area contributed by atoms with Crippen molar-refractivity contribution in [2.24, 2.45) is 5.73 Å². The molecule has 96 valence electrons. The highest BCUT2D eigenvalue weighted by Gasteiger charge is 2.28. The van der Waals surface area contributed by atoms with E-state index in [2.05, 4.69) is 5.32 Å². The van der Waals surface area contributed by atoms with E-state index in [1.54, 1.807) is 6.07 Å². The minimum atomic E-state index is -1.25. The first-order chi connectivity index (χ1) is 8.25. The van der Waals surface area contributed by atoms with Gasteiger partial charge in [-0.3, -0.25) is 9.59 Å². The molecule has 0 aromatic heterocycles. The molecule has 0 bridgehead atoms. The number of nitrogens with two attached hydrogens (primary N) is 1. The van der Waals surface area contributed by atoms with Crippen LogP contribution in [0, 0.1) is 0 Å². The van der Waals surface area contributed by atoms with Crippen molar-refractivity contribution < 1.29 is 19.5 Å². The van der Waals surface area contributed by atoms with Gasteiger partial charge in [0.25, 0.3) is 5.91 Å². The first-order valence-corrected chi connectivity index (χ1v) is 5.20. The van der Waals surface area contributed by atoms with E-state index in [0.717, 1.165) is 0 Å². The van der Waals surface area contributed by atoms with Crippen molar-refractivity contribution in [2.75, 3.05) is 0 Å². The van der Waals surface area contributed by atoms with E-state index in [9.17, 15) is 14.4 Å². The number of carboxylic acid groups (broad SMARTS) is 1. The second-order valence-electron chi connectivity index (χ2n) is 4.29. The summed E-state index contributed by atoms with van der Waals surface area (Å²) in [4.78, 5) is 34.0. The molecule has 0 aliphatic rings. The molecule has 0 fully saturated rings. The number of hydrogen-bond acceptors (Lipinski definition) is 3. The molecule has 0 radical (unpaired) electrons. The number of primary amides is 1. The van der Waals surface area contributed by atoms with Crippen LogP contribution in [0.1, 0.15) is 34.6 Å². The summed E-state index contributed by atoms with van der Waals surface area (Å²) in [6, 6.07) is 5.74. The number of aromatic carboxylic acids is 1. The van der Waals surface area contributed by atoms with Gasteiger partial charge in [0.15, 0.2) is 0 Å². The minimum Gasteiger partial charge on any atom is -0.478 e. The average Bonchev–Trinajstić information content (AvgIpc) is 2.28. The van der Waals surface area contributed by atoms with E-state index in [4.69, 9.17) is 10.8 Å². The standard InChI is InChI=1S/C12H14N2O4/c1-12(2,11(13)18)14-9(15)7-5-3-4-6-8(7)10(16)17/h3-6H,1-2H3,(H2,13,18)(H,14,15)(H,16,17). The SMILES string of the molecule is CC(C)(NC(=O)c1ccccc1C(=O)O)C(N)=O. The lowest BCUT2D eigenvalue weighted by Crippen LogP contribution is -2.53. The molecule has 6 heteroatoms. The second-order valence-corrected chi connectivity index (χ2v) is 4.29. The maximum atomic E-state index is 11.9. The predicted octanol–water partition coefficient (Wildman–Crippen LogP) is 0.378. The maximum Gasteiger partial charge on any atom is 0.336 e. The highest BCUT2D eigenvalue weighted by molar-refractivity contribution is 6.06. The van der Waals surface area contributed by atoms with Gasteiger partial charge in [-0.2, -0.15) is 0 Å². The van der Waals surface area contributed by atoms with E-state index < -0.39 is 23.3 Å². The molecule has 4 N–H and O–H groups in total. The number of carbonyl (C=O) groups is 3. The zero-order valence-corrected chi connectivity index (χ0v) is 10.1. The van der Waals surface area contributed by atoms with Crippen LogP contribution in [-0.2, 0) is 4.79 Å². The van der Waals surface area contributed by atoms with Crippen LogP contribution in [0.15, 0.2) is 24.3 Å². The molecule has 0 aliphatic heterocycles. The van der Waals surface area contributed by atoms with Crippen LogP contribution in [0.25, 0.3) is 0 Å². The van der Waals surface area contributed by atoms with Crippen molar-refractivity contribution in [2.45, 2.75) is 19.4 Å².